The highest BCUT2D eigenvalue weighted by Gasteiger charge is 2.16. The Morgan fingerprint density at radius 3 is 2.48 bits per heavy atom. The summed E-state index contributed by atoms with van der Waals surface area (Å²) in [6.07, 6.45) is 0. The summed E-state index contributed by atoms with van der Waals surface area (Å²) in [6.45, 7) is 3.64. The van der Waals surface area contributed by atoms with E-state index in [0.717, 1.165) is 16.5 Å². The molecule has 0 aliphatic rings. The predicted octanol–water partition coefficient (Wildman–Crippen LogP) is 4.95. The highest BCUT2D eigenvalue weighted by Crippen LogP contribution is 2.30. The number of rotatable bonds is 4. The highest BCUT2D eigenvalue weighted by atomic mass is 35.5. The van der Waals surface area contributed by atoms with E-state index in [1.807, 2.05) is 25.1 Å². The molecule has 0 aliphatic carbocycles. The van der Waals surface area contributed by atoms with Crippen LogP contribution in [0.5, 0.6) is 0 Å². The van der Waals surface area contributed by atoms with Gasteiger partial charge in [-0.3, -0.25) is 0 Å². The first-order chi connectivity index (χ1) is 13.0. The fourth-order valence-corrected chi connectivity index (χ4v) is 2.96. The molecule has 2 heterocycles. The van der Waals surface area contributed by atoms with Crippen LogP contribution in [0, 0.1) is 12.7 Å². The van der Waals surface area contributed by atoms with Crippen molar-refractivity contribution in [3.63, 3.8) is 0 Å². The van der Waals surface area contributed by atoms with Crippen molar-refractivity contribution in [2.45, 2.75) is 19.9 Å². The molecule has 0 aliphatic heterocycles. The van der Waals surface area contributed by atoms with Gasteiger partial charge in [0.05, 0.1) is 5.52 Å². The first kappa shape index (κ1) is 17.4. The summed E-state index contributed by atoms with van der Waals surface area (Å²) >= 11 is 6.08. The van der Waals surface area contributed by atoms with E-state index < -0.39 is 0 Å². The van der Waals surface area contributed by atoms with Crippen molar-refractivity contribution >= 4 is 28.3 Å². The molecule has 4 rings (SSSR count). The number of nitrogens with one attached hydrogen (secondary N) is 1. The van der Waals surface area contributed by atoms with Gasteiger partial charge in [0, 0.05) is 5.39 Å². The van der Waals surface area contributed by atoms with Gasteiger partial charge in [0.1, 0.15) is 17.7 Å². The molecule has 27 heavy (non-hydrogen) atoms. The van der Waals surface area contributed by atoms with Crippen LogP contribution in [0.15, 0.2) is 47.0 Å². The largest absolute Gasteiger partial charge is 0.358 e. The number of nitrogens with zero attached hydrogens (tertiary/aromatic N) is 4. The van der Waals surface area contributed by atoms with Gasteiger partial charge in [-0.1, -0.05) is 23.4 Å². The maximum atomic E-state index is 13.2. The molecule has 1 N–H and O–H groups in total. The van der Waals surface area contributed by atoms with E-state index in [-0.39, 0.29) is 17.1 Å². The number of hydrogen-bond acceptors (Lipinski definition) is 6. The van der Waals surface area contributed by atoms with Gasteiger partial charge in [-0.05, 0) is 60.8 Å². The highest BCUT2D eigenvalue weighted by molar-refractivity contribution is 6.28. The van der Waals surface area contributed by atoms with Gasteiger partial charge in [-0.25, -0.2) is 14.4 Å². The van der Waals surface area contributed by atoms with Crippen molar-refractivity contribution in [2.24, 2.45) is 0 Å². The van der Waals surface area contributed by atoms with E-state index in [2.05, 4.69) is 25.4 Å². The van der Waals surface area contributed by atoms with Crippen LogP contribution in [0.3, 0.4) is 0 Å². The topological polar surface area (TPSA) is 76.7 Å². The molecule has 0 fully saturated rings. The van der Waals surface area contributed by atoms with Gasteiger partial charge in [0.25, 0.3) is 0 Å². The van der Waals surface area contributed by atoms with Crippen LogP contribution in [0.25, 0.3) is 22.0 Å². The molecular weight excluding hydrogens is 369 g/mol. The SMILES string of the molecule is Cc1noc(C(C)Nc2nc(Cl)nc3ccc(-c4ccc(F)cc4)cc23)n1. The molecular formula is C19H15ClFN5O. The van der Waals surface area contributed by atoms with Crippen LogP contribution in [0.1, 0.15) is 24.7 Å². The molecule has 1 unspecified atom stereocenters. The second-order valence-electron chi connectivity index (χ2n) is 6.13. The van der Waals surface area contributed by atoms with E-state index in [0.29, 0.717) is 23.0 Å². The monoisotopic (exact) mass is 383 g/mol. The minimum Gasteiger partial charge on any atom is -0.358 e. The summed E-state index contributed by atoms with van der Waals surface area (Å²) in [6, 6.07) is 11.7. The Hall–Kier alpha value is -3.06. The lowest BCUT2D eigenvalue weighted by molar-refractivity contribution is 0.364. The number of halogens is 2. The molecule has 0 radical (unpaired) electrons. The summed E-state index contributed by atoms with van der Waals surface area (Å²) < 4.78 is 18.4. The van der Waals surface area contributed by atoms with Crippen LogP contribution in [0.2, 0.25) is 5.28 Å². The second-order valence-corrected chi connectivity index (χ2v) is 6.46. The lowest BCUT2D eigenvalue weighted by Crippen LogP contribution is -2.09. The Balaban J connectivity index is 1.76. The molecule has 1 atom stereocenters. The third-order valence-electron chi connectivity index (χ3n) is 4.11. The zero-order valence-corrected chi connectivity index (χ0v) is 15.3. The molecule has 0 spiro atoms. The number of aromatic nitrogens is 4. The maximum Gasteiger partial charge on any atom is 0.248 e. The first-order valence-electron chi connectivity index (χ1n) is 8.29. The van der Waals surface area contributed by atoms with Gasteiger partial charge in [-0.15, -0.1) is 0 Å². The van der Waals surface area contributed by atoms with Crippen molar-refractivity contribution < 1.29 is 8.91 Å². The van der Waals surface area contributed by atoms with E-state index in [1.165, 1.54) is 12.1 Å². The molecule has 136 valence electrons. The first-order valence-corrected chi connectivity index (χ1v) is 8.67. The maximum absolute atomic E-state index is 13.2. The average Bonchev–Trinajstić information content (AvgIpc) is 3.08. The zero-order valence-electron chi connectivity index (χ0n) is 14.6. The van der Waals surface area contributed by atoms with E-state index in [9.17, 15) is 4.39 Å². The number of benzene rings is 2. The lowest BCUT2D eigenvalue weighted by Gasteiger charge is -2.13. The quantitative estimate of drug-likeness (QED) is 0.502. The molecule has 6 nitrogen and oxygen atoms in total. The van der Waals surface area contributed by atoms with Crippen LogP contribution in [-0.2, 0) is 0 Å². The van der Waals surface area contributed by atoms with Crippen molar-refractivity contribution in [3.8, 4) is 11.1 Å². The Morgan fingerprint density at radius 1 is 1.04 bits per heavy atom. The van der Waals surface area contributed by atoms with Crippen molar-refractivity contribution in [3.05, 3.63) is 65.3 Å². The molecule has 2 aromatic heterocycles. The van der Waals surface area contributed by atoms with Crippen LogP contribution < -0.4 is 5.32 Å². The van der Waals surface area contributed by atoms with E-state index in [4.69, 9.17) is 16.1 Å². The summed E-state index contributed by atoms with van der Waals surface area (Å²) in [5.41, 5.74) is 2.50. The number of fused-ring (bicyclic) bond motifs is 1. The average molecular weight is 384 g/mol. The summed E-state index contributed by atoms with van der Waals surface area (Å²) in [5.74, 6) is 1.28. The third-order valence-corrected chi connectivity index (χ3v) is 4.28. The van der Waals surface area contributed by atoms with Crippen molar-refractivity contribution in [2.75, 3.05) is 5.32 Å². The van der Waals surface area contributed by atoms with Gasteiger partial charge < -0.3 is 9.84 Å². The fraction of sp³-hybridized carbons (Fsp3) is 0.158. The van der Waals surface area contributed by atoms with E-state index >= 15 is 0 Å². The molecule has 0 saturated heterocycles. The van der Waals surface area contributed by atoms with E-state index in [1.54, 1.807) is 19.1 Å². The number of anilines is 1. The lowest BCUT2D eigenvalue weighted by atomic mass is 10.0. The van der Waals surface area contributed by atoms with Gasteiger partial charge >= 0.3 is 0 Å². The molecule has 4 aromatic rings. The minimum atomic E-state index is -0.277. The molecule has 2 aromatic carbocycles. The summed E-state index contributed by atoms with van der Waals surface area (Å²) in [7, 11) is 0. The van der Waals surface area contributed by atoms with Gasteiger partial charge in [0.2, 0.25) is 11.2 Å². The van der Waals surface area contributed by atoms with Crippen LogP contribution in [0.4, 0.5) is 10.2 Å². The molecule has 0 bridgehead atoms. The predicted molar refractivity (Wildman–Crippen MR) is 101 cm³/mol. The Bertz CT molecular complexity index is 1110. The Morgan fingerprint density at radius 2 is 1.78 bits per heavy atom. The Kier molecular flexibility index (Phi) is 4.45. The van der Waals surface area contributed by atoms with Crippen molar-refractivity contribution in [1.82, 2.24) is 20.1 Å². The van der Waals surface area contributed by atoms with Crippen LogP contribution in [-0.4, -0.2) is 20.1 Å². The minimum absolute atomic E-state index is 0.133. The van der Waals surface area contributed by atoms with Crippen LogP contribution >= 0.6 is 11.6 Å². The number of hydrogen-bond donors (Lipinski definition) is 1. The molecule has 0 saturated carbocycles. The summed E-state index contributed by atoms with van der Waals surface area (Å²) in [4.78, 5) is 12.8. The molecule has 0 amide bonds. The Labute approximate surface area is 159 Å². The zero-order chi connectivity index (χ0) is 19.0. The van der Waals surface area contributed by atoms with Crippen molar-refractivity contribution in [1.29, 1.82) is 0 Å². The smallest absolute Gasteiger partial charge is 0.248 e. The summed E-state index contributed by atoms with van der Waals surface area (Å²) in [5, 5.41) is 7.97. The standard InChI is InChI=1S/C19H15ClFN5O/c1-10(18-23-11(2)26-27-18)22-17-15-9-13(12-3-6-14(21)7-4-12)5-8-16(15)24-19(20)25-17/h3-10H,1-2H3,(H,22,24,25). The van der Waals surface area contributed by atoms with Gasteiger partial charge in [0.15, 0.2) is 5.82 Å². The number of aryl methyl sites for hydroxylation is 1. The van der Waals surface area contributed by atoms with Gasteiger partial charge in [-0.2, -0.15) is 4.98 Å². The molecule has 8 heteroatoms. The second kappa shape index (κ2) is 6.92. The fourth-order valence-electron chi connectivity index (χ4n) is 2.79. The third kappa shape index (κ3) is 3.59. The normalized spacial score (nSPS) is 12.3.